The number of hydrogen-bond donors (Lipinski definition) is 0. The fourth-order valence-corrected chi connectivity index (χ4v) is 7.54. The van der Waals surface area contributed by atoms with Crippen LogP contribution in [-0.4, -0.2) is 9.55 Å². The smallest absolute Gasteiger partial charge is 0.159 e. The molecule has 1 aromatic heterocycles. The second-order valence-electron chi connectivity index (χ2n) is 12.3. The summed E-state index contributed by atoms with van der Waals surface area (Å²) in [4.78, 5) is 5.08. The molecule has 0 saturated carbocycles. The molecule has 0 spiro atoms. The third-order valence-electron chi connectivity index (χ3n) is 9.57. The van der Waals surface area contributed by atoms with E-state index in [1.807, 2.05) is 18.2 Å². The predicted molar refractivity (Wildman–Crippen MR) is 198 cm³/mol. The molecule has 8 aromatic carbocycles. The van der Waals surface area contributed by atoms with Crippen molar-refractivity contribution in [3.05, 3.63) is 170 Å². The summed E-state index contributed by atoms with van der Waals surface area (Å²) < 4.78 is 9.03. The lowest BCUT2D eigenvalue weighted by molar-refractivity contribution is 0.477. The van der Waals surface area contributed by atoms with Crippen LogP contribution in [0.2, 0.25) is 0 Å². The van der Waals surface area contributed by atoms with Crippen LogP contribution in [0, 0.1) is 0 Å². The van der Waals surface area contributed by atoms with E-state index >= 15 is 0 Å². The number of imidazole rings is 1. The van der Waals surface area contributed by atoms with Crippen LogP contribution in [0.3, 0.4) is 0 Å². The van der Waals surface area contributed by atoms with Gasteiger partial charge in [-0.15, -0.1) is 0 Å². The number of para-hydroxylation sites is 2. The SMILES string of the molecule is c1ccc(-c2c3ccccc3c(-c3cccc(-c4cccc5c4Oc4cccc6nc(-c7ccccc7)n-5c46)c3)c3ccccc23)cc1. The molecule has 0 radical (unpaired) electrons. The molecule has 0 bridgehead atoms. The molecule has 224 valence electrons. The number of aromatic nitrogens is 2. The normalized spacial score (nSPS) is 11.9. The lowest BCUT2D eigenvalue weighted by Crippen LogP contribution is -2.06. The molecule has 0 amide bonds. The van der Waals surface area contributed by atoms with Gasteiger partial charge in [-0.05, 0) is 73.6 Å². The third kappa shape index (κ3) is 3.98. The number of fused-ring (bicyclic) bond motifs is 4. The van der Waals surface area contributed by atoms with Gasteiger partial charge in [0.15, 0.2) is 11.5 Å². The molecule has 0 saturated heterocycles. The summed E-state index contributed by atoms with van der Waals surface area (Å²) in [6.45, 7) is 0. The van der Waals surface area contributed by atoms with Gasteiger partial charge in [-0.3, -0.25) is 4.57 Å². The zero-order valence-corrected chi connectivity index (χ0v) is 26.0. The zero-order chi connectivity index (χ0) is 31.6. The maximum absolute atomic E-state index is 6.77. The number of rotatable bonds is 4. The lowest BCUT2D eigenvalue weighted by atomic mass is 9.85. The quantitative estimate of drug-likeness (QED) is 0.185. The van der Waals surface area contributed by atoms with E-state index in [0.29, 0.717) is 0 Å². The molecule has 2 heterocycles. The Labute approximate surface area is 278 Å². The molecule has 0 aliphatic carbocycles. The number of hydrogen-bond acceptors (Lipinski definition) is 2. The Bertz CT molecular complexity index is 2630. The number of nitrogens with zero attached hydrogens (tertiary/aromatic N) is 2. The minimum absolute atomic E-state index is 0.812. The summed E-state index contributed by atoms with van der Waals surface area (Å²) >= 11 is 0. The van der Waals surface area contributed by atoms with Gasteiger partial charge in [-0.2, -0.15) is 0 Å². The van der Waals surface area contributed by atoms with Crippen LogP contribution in [0.15, 0.2) is 170 Å². The first-order chi connectivity index (χ1) is 23.8. The first-order valence-corrected chi connectivity index (χ1v) is 16.3. The van der Waals surface area contributed by atoms with Crippen LogP contribution < -0.4 is 4.74 Å². The fourth-order valence-electron chi connectivity index (χ4n) is 7.54. The molecule has 0 fully saturated rings. The van der Waals surface area contributed by atoms with Crippen molar-refractivity contribution in [1.82, 2.24) is 9.55 Å². The Morgan fingerprint density at radius 2 is 0.979 bits per heavy atom. The van der Waals surface area contributed by atoms with Crippen molar-refractivity contribution >= 4 is 32.6 Å². The fraction of sp³-hybridized carbons (Fsp3) is 0. The first-order valence-electron chi connectivity index (χ1n) is 16.3. The van der Waals surface area contributed by atoms with E-state index in [9.17, 15) is 0 Å². The van der Waals surface area contributed by atoms with Crippen LogP contribution in [0.1, 0.15) is 0 Å². The highest BCUT2D eigenvalue weighted by molar-refractivity contribution is 6.21. The molecule has 1 aliphatic rings. The first kappa shape index (κ1) is 26.7. The number of ether oxygens (including phenoxy) is 1. The standard InChI is InChI=1S/C45H28N2O/c1-3-14-29(15-4-1)41-34-20-7-9-22-36(34)42(37-23-10-8-21-35(37)41)32-19-11-18-31(28-32)33-24-12-26-39-44(33)48-40-27-13-25-38-43(40)47(39)45(46-38)30-16-5-2-6-17-30/h1-28H. The number of benzene rings is 8. The lowest BCUT2D eigenvalue weighted by Gasteiger charge is -2.24. The Hall–Kier alpha value is -6.45. The Morgan fingerprint density at radius 1 is 0.438 bits per heavy atom. The molecule has 3 nitrogen and oxygen atoms in total. The van der Waals surface area contributed by atoms with Gasteiger partial charge in [0.1, 0.15) is 11.3 Å². The van der Waals surface area contributed by atoms with Crippen molar-refractivity contribution < 1.29 is 4.74 Å². The zero-order valence-electron chi connectivity index (χ0n) is 26.0. The molecule has 9 aromatic rings. The molecule has 3 heteroatoms. The topological polar surface area (TPSA) is 27.1 Å². The van der Waals surface area contributed by atoms with E-state index < -0.39 is 0 Å². The summed E-state index contributed by atoms with van der Waals surface area (Å²) in [6.07, 6.45) is 0. The maximum Gasteiger partial charge on any atom is 0.159 e. The Morgan fingerprint density at radius 3 is 1.67 bits per heavy atom. The van der Waals surface area contributed by atoms with E-state index in [1.54, 1.807) is 0 Å². The second kappa shape index (κ2) is 10.5. The summed E-state index contributed by atoms with van der Waals surface area (Å²) in [5.74, 6) is 2.55. The van der Waals surface area contributed by atoms with E-state index in [0.717, 1.165) is 50.7 Å². The molecular formula is C45H28N2O. The van der Waals surface area contributed by atoms with Crippen molar-refractivity contribution in [2.24, 2.45) is 0 Å². The summed E-state index contributed by atoms with van der Waals surface area (Å²) in [5, 5.41) is 4.97. The Balaban J connectivity index is 1.20. The van der Waals surface area contributed by atoms with Crippen LogP contribution in [0.25, 0.3) is 83.0 Å². The van der Waals surface area contributed by atoms with Gasteiger partial charge in [0.2, 0.25) is 0 Å². The minimum atomic E-state index is 0.812. The van der Waals surface area contributed by atoms with Crippen molar-refractivity contribution in [2.75, 3.05) is 0 Å². The molecular weight excluding hydrogens is 585 g/mol. The highest BCUT2D eigenvalue weighted by Crippen LogP contribution is 2.49. The van der Waals surface area contributed by atoms with Crippen molar-refractivity contribution in [1.29, 1.82) is 0 Å². The average molecular weight is 613 g/mol. The highest BCUT2D eigenvalue weighted by atomic mass is 16.5. The van der Waals surface area contributed by atoms with E-state index in [2.05, 4.69) is 156 Å². The maximum atomic E-state index is 6.77. The average Bonchev–Trinajstić information content (AvgIpc) is 3.55. The second-order valence-corrected chi connectivity index (χ2v) is 12.3. The third-order valence-corrected chi connectivity index (χ3v) is 9.57. The van der Waals surface area contributed by atoms with E-state index in [1.165, 1.54) is 43.8 Å². The van der Waals surface area contributed by atoms with Crippen LogP contribution in [0.4, 0.5) is 0 Å². The van der Waals surface area contributed by atoms with Gasteiger partial charge in [0.25, 0.3) is 0 Å². The summed E-state index contributed by atoms with van der Waals surface area (Å²) in [6, 6.07) is 60.2. The minimum Gasteiger partial charge on any atom is -0.452 e. The van der Waals surface area contributed by atoms with Gasteiger partial charge in [-0.1, -0.05) is 146 Å². The Kier molecular flexibility index (Phi) is 5.87. The van der Waals surface area contributed by atoms with Crippen LogP contribution in [0.5, 0.6) is 11.5 Å². The molecule has 0 N–H and O–H groups in total. The van der Waals surface area contributed by atoms with Crippen molar-refractivity contribution in [3.63, 3.8) is 0 Å². The van der Waals surface area contributed by atoms with Crippen LogP contribution in [-0.2, 0) is 0 Å². The monoisotopic (exact) mass is 612 g/mol. The molecule has 0 unspecified atom stereocenters. The molecule has 0 atom stereocenters. The van der Waals surface area contributed by atoms with Gasteiger partial charge < -0.3 is 4.74 Å². The van der Waals surface area contributed by atoms with Crippen molar-refractivity contribution in [3.8, 4) is 62.0 Å². The molecule has 1 aliphatic heterocycles. The van der Waals surface area contributed by atoms with Gasteiger partial charge in [0, 0.05) is 11.1 Å². The van der Waals surface area contributed by atoms with Gasteiger partial charge in [0.05, 0.1) is 11.2 Å². The van der Waals surface area contributed by atoms with Gasteiger partial charge >= 0.3 is 0 Å². The van der Waals surface area contributed by atoms with E-state index in [-0.39, 0.29) is 0 Å². The summed E-state index contributed by atoms with van der Waals surface area (Å²) in [5.41, 5.74) is 11.0. The molecule has 48 heavy (non-hydrogen) atoms. The van der Waals surface area contributed by atoms with Crippen molar-refractivity contribution in [2.45, 2.75) is 0 Å². The summed E-state index contributed by atoms with van der Waals surface area (Å²) in [7, 11) is 0. The van der Waals surface area contributed by atoms with Gasteiger partial charge in [-0.25, -0.2) is 4.98 Å². The van der Waals surface area contributed by atoms with Crippen LogP contribution >= 0.6 is 0 Å². The predicted octanol–water partition coefficient (Wildman–Crippen LogP) is 12.1. The highest BCUT2D eigenvalue weighted by Gasteiger charge is 2.27. The molecule has 10 rings (SSSR count). The van der Waals surface area contributed by atoms with E-state index in [4.69, 9.17) is 9.72 Å². The largest absolute Gasteiger partial charge is 0.452 e.